The minimum Gasteiger partial charge on any atom is -0.464 e. The Labute approximate surface area is 108 Å². The van der Waals surface area contributed by atoms with Gasteiger partial charge in [0.1, 0.15) is 16.4 Å². The van der Waals surface area contributed by atoms with E-state index in [-0.39, 0.29) is 17.5 Å². The van der Waals surface area contributed by atoms with Crippen molar-refractivity contribution in [2.75, 3.05) is 0 Å². The third kappa shape index (κ3) is 2.60. The summed E-state index contributed by atoms with van der Waals surface area (Å²) in [6, 6.07) is 1.54. The van der Waals surface area contributed by atoms with Crippen LogP contribution in [0.4, 0.5) is 0 Å². The van der Waals surface area contributed by atoms with E-state index in [0.29, 0.717) is 17.4 Å². The van der Waals surface area contributed by atoms with Gasteiger partial charge in [0, 0.05) is 12.1 Å². The van der Waals surface area contributed by atoms with Gasteiger partial charge in [0.25, 0.3) is 0 Å². The highest BCUT2D eigenvalue weighted by atomic mass is 32.2. The highest BCUT2D eigenvalue weighted by molar-refractivity contribution is 7.89. The third-order valence-electron chi connectivity index (χ3n) is 3.58. The molecule has 5 nitrogen and oxygen atoms in total. The van der Waals surface area contributed by atoms with Crippen molar-refractivity contribution in [3.05, 3.63) is 17.6 Å². The number of nitrogens with one attached hydrogen (secondary N) is 1. The molecule has 6 heteroatoms. The number of furan rings is 1. The fraction of sp³-hybridized carbons (Fsp3) is 0.667. The van der Waals surface area contributed by atoms with Crippen LogP contribution in [0.5, 0.6) is 0 Å². The number of aryl methyl sites for hydroxylation is 1. The molecule has 1 aliphatic rings. The molecule has 1 aliphatic carbocycles. The minimum absolute atomic E-state index is 0.0330. The molecule has 2 rings (SSSR count). The van der Waals surface area contributed by atoms with Crippen LogP contribution in [0.1, 0.15) is 37.7 Å². The van der Waals surface area contributed by atoms with E-state index in [1.54, 1.807) is 6.92 Å². The van der Waals surface area contributed by atoms with Crippen LogP contribution in [0.3, 0.4) is 0 Å². The summed E-state index contributed by atoms with van der Waals surface area (Å²) in [5, 5.41) is 0. The van der Waals surface area contributed by atoms with E-state index in [1.165, 1.54) is 6.07 Å². The largest absolute Gasteiger partial charge is 0.464 e. The first-order valence-electron chi connectivity index (χ1n) is 6.25. The predicted octanol–water partition coefficient (Wildman–Crippen LogP) is 1.51. The summed E-state index contributed by atoms with van der Waals surface area (Å²) < 4.78 is 32.6. The average molecular weight is 272 g/mol. The summed E-state index contributed by atoms with van der Waals surface area (Å²) >= 11 is 0. The quantitative estimate of drug-likeness (QED) is 0.870. The molecule has 3 N–H and O–H groups in total. The smallest absolute Gasteiger partial charge is 0.244 e. The van der Waals surface area contributed by atoms with Crippen LogP contribution in [0.2, 0.25) is 0 Å². The molecule has 0 aliphatic heterocycles. The van der Waals surface area contributed by atoms with E-state index in [4.69, 9.17) is 10.2 Å². The summed E-state index contributed by atoms with van der Waals surface area (Å²) in [6.45, 7) is 3.93. The molecule has 1 aromatic rings. The third-order valence-corrected chi connectivity index (χ3v) is 5.18. The standard InChI is InChI=1S/C12H20N2O3S/c1-8-4-3-5-11(8)14-18(15,16)12-6-10(7-13)17-9(12)2/h6,8,11,14H,3-5,7,13H2,1-2H3. The second kappa shape index (κ2) is 5.03. The van der Waals surface area contributed by atoms with Crippen molar-refractivity contribution in [2.45, 2.75) is 50.6 Å². The predicted molar refractivity (Wildman–Crippen MR) is 68.5 cm³/mol. The molecule has 1 heterocycles. The number of hydrogen-bond donors (Lipinski definition) is 2. The normalized spacial score (nSPS) is 24.6. The molecule has 1 saturated carbocycles. The van der Waals surface area contributed by atoms with Gasteiger partial charge < -0.3 is 10.2 Å². The van der Waals surface area contributed by atoms with E-state index in [2.05, 4.69) is 11.6 Å². The second-order valence-corrected chi connectivity index (χ2v) is 6.66. The molecular formula is C12H20N2O3S. The highest BCUT2D eigenvalue weighted by Gasteiger charge is 2.30. The van der Waals surface area contributed by atoms with Crippen molar-refractivity contribution in [1.29, 1.82) is 0 Å². The Hall–Kier alpha value is -0.850. The van der Waals surface area contributed by atoms with E-state index in [1.807, 2.05) is 0 Å². The summed E-state index contributed by atoms with van der Waals surface area (Å²) in [5.74, 6) is 1.28. The van der Waals surface area contributed by atoms with Crippen molar-refractivity contribution in [3.63, 3.8) is 0 Å². The van der Waals surface area contributed by atoms with Crippen LogP contribution in [-0.4, -0.2) is 14.5 Å². The topological polar surface area (TPSA) is 85.3 Å². The molecule has 18 heavy (non-hydrogen) atoms. The Morgan fingerprint density at radius 3 is 2.72 bits per heavy atom. The molecule has 1 fully saturated rings. The van der Waals surface area contributed by atoms with E-state index in [0.717, 1.165) is 19.3 Å². The Bertz CT molecular complexity index is 521. The van der Waals surface area contributed by atoms with Gasteiger partial charge in [-0.15, -0.1) is 0 Å². The maximum atomic E-state index is 12.3. The van der Waals surface area contributed by atoms with Crippen molar-refractivity contribution in [3.8, 4) is 0 Å². The number of nitrogens with two attached hydrogens (primary N) is 1. The van der Waals surface area contributed by atoms with Crippen molar-refractivity contribution < 1.29 is 12.8 Å². The Balaban J connectivity index is 2.22. The maximum absolute atomic E-state index is 12.3. The van der Waals surface area contributed by atoms with Gasteiger partial charge in [0.2, 0.25) is 10.0 Å². The van der Waals surface area contributed by atoms with Gasteiger partial charge in [-0.05, 0) is 25.7 Å². The Morgan fingerprint density at radius 1 is 1.50 bits per heavy atom. The fourth-order valence-electron chi connectivity index (χ4n) is 2.47. The lowest BCUT2D eigenvalue weighted by atomic mass is 10.1. The van der Waals surface area contributed by atoms with Gasteiger partial charge in [-0.25, -0.2) is 13.1 Å². The van der Waals surface area contributed by atoms with Gasteiger partial charge in [0.05, 0.1) is 6.54 Å². The molecule has 102 valence electrons. The van der Waals surface area contributed by atoms with Crippen LogP contribution in [0.25, 0.3) is 0 Å². The van der Waals surface area contributed by atoms with Crippen molar-refractivity contribution in [1.82, 2.24) is 4.72 Å². The van der Waals surface area contributed by atoms with Gasteiger partial charge in [-0.2, -0.15) is 0 Å². The molecule has 0 saturated heterocycles. The van der Waals surface area contributed by atoms with Gasteiger partial charge in [0.15, 0.2) is 0 Å². The first kappa shape index (κ1) is 13.6. The molecule has 2 unspecified atom stereocenters. The van der Waals surface area contributed by atoms with Crippen LogP contribution < -0.4 is 10.5 Å². The van der Waals surface area contributed by atoms with Gasteiger partial charge in [-0.1, -0.05) is 13.3 Å². The number of rotatable bonds is 4. The fourth-order valence-corrected chi connectivity index (χ4v) is 4.06. The number of sulfonamides is 1. The first-order chi connectivity index (χ1) is 8.44. The highest BCUT2D eigenvalue weighted by Crippen LogP contribution is 2.27. The van der Waals surface area contributed by atoms with E-state index >= 15 is 0 Å². The maximum Gasteiger partial charge on any atom is 0.244 e. The molecule has 0 radical (unpaired) electrons. The Kier molecular flexibility index (Phi) is 3.79. The molecule has 0 aromatic carbocycles. The monoisotopic (exact) mass is 272 g/mol. The van der Waals surface area contributed by atoms with Crippen molar-refractivity contribution in [2.24, 2.45) is 11.7 Å². The van der Waals surface area contributed by atoms with E-state index in [9.17, 15) is 8.42 Å². The molecule has 1 aromatic heterocycles. The number of hydrogen-bond acceptors (Lipinski definition) is 4. The zero-order valence-corrected chi connectivity index (χ0v) is 11.6. The van der Waals surface area contributed by atoms with Gasteiger partial charge >= 0.3 is 0 Å². The second-order valence-electron chi connectivity index (χ2n) is 4.97. The molecule has 0 bridgehead atoms. The SMILES string of the molecule is Cc1oc(CN)cc1S(=O)(=O)NC1CCCC1C. The summed E-state index contributed by atoms with van der Waals surface area (Å²) in [6.07, 6.45) is 3.05. The first-order valence-corrected chi connectivity index (χ1v) is 7.74. The van der Waals surface area contributed by atoms with Crippen LogP contribution >= 0.6 is 0 Å². The molecular weight excluding hydrogens is 252 g/mol. The van der Waals surface area contributed by atoms with Crippen LogP contribution in [-0.2, 0) is 16.6 Å². The molecule has 0 amide bonds. The summed E-state index contributed by atoms with van der Waals surface area (Å²) in [4.78, 5) is 0.210. The summed E-state index contributed by atoms with van der Waals surface area (Å²) in [7, 11) is -3.50. The molecule has 2 atom stereocenters. The minimum atomic E-state index is -3.50. The lowest BCUT2D eigenvalue weighted by molar-refractivity contribution is 0.468. The van der Waals surface area contributed by atoms with Crippen molar-refractivity contribution >= 4 is 10.0 Å². The average Bonchev–Trinajstić information content (AvgIpc) is 2.86. The zero-order chi connectivity index (χ0) is 13.3. The lowest BCUT2D eigenvalue weighted by Crippen LogP contribution is -2.36. The summed E-state index contributed by atoms with van der Waals surface area (Å²) in [5.41, 5.74) is 5.45. The lowest BCUT2D eigenvalue weighted by Gasteiger charge is -2.16. The van der Waals surface area contributed by atoms with Crippen LogP contribution in [0.15, 0.2) is 15.4 Å². The van der Waals surface area contributed by atoms with E-state index < -0.39 is 10.0 Å². The van der Waals surface area contributed by atoms with Crippen LogP contribution in [0, 0.1) is 12.8 Å². The molecule has 0 spiro atoms. The zero-order valence-electron chi connectivity index (χ0n) is 10.8. The Morgan fingerprint density at radius 2 is 2.22 bits per heavy atom. The van der Waals surface area contributed by atoms with Gasteiger partial charge in [-0.3, -0.25) is 0 Å².